The number of imidazole rings is 1. The van der Waals surface area contributed by atoms with Gasteiger partial charge in [-0.05, 0) is 18.0 Å². The number of ether oxygens (including phenoxy) is 1. The van der Waals surface area contributed by atoms with Crippen LogP contribution in [0.5, 0.6) is 6.01 Å². The van der Waals surface area contributed by atoms with E-state index >= 15 is 0 Å². The number of aryl methyl sites for hydroxylation is 1. The van der Waals surface area contributed by atoms with Crippen LogP contribution in [-0.2, 0) is 6.42 Å². The fourth-order valence-electron chi connectivity index (χ4n) is 1.47. The van der Waals surface area contributed by atoms with Crippen molar-refractivity contribution in [1.82, 2.24) is 24.5 Å². The van der Waals surface area contributed by atoms with Gasteiger partial charge in [-0.2, -0.15) is 15.0 Å². The van der Waals surface area contributed by atoms with Crippen LogP contribution in [0.25, 0.3) is 5.95 Å². The maximum Gasteiger partial charge on any atom is 0.322 e. The lowest BCUT2D eigenvalue weighted by Gasteiger charge is -2.07. The Labute approximate surface area is 110 Å². The van der Waals surface area contributed by atoms with E-state index in [2.05, 4.69) is 19.9 Å². The number of halogens is 1. The SMILES string of the molecule is CCCOc1nc(Cl)nc(-n2ccnc2CC)n1. The van der Waals surface area contributed by atoms with Gasteiger partial charge in [0.1, 0.15) is 5.82 Å². The lowest BCUT2D eigenvalue weighted by Crippen LogP contribution is -2.08. The molecular formula is C11H14ClN5O. The second-order valence-electron chi connectivity index (χ2n) is 3.60. The van der Waals surface area contributed by atoms with Crippen LogP contribution in [0.15, 0.2) is 12.4 Å². The Balaban J connectivity index is 2.35. The quantitative estimate of drug-likeness (QED) is 0.830. The molecule has 96 valence electrons. The first-order chi connectivity index (χ1) is 8.74. The summed E-state index contributed by atoms with van der Waals surface area (Å²) in [6, 6.07) is 0.239. The number of hydrogen-bond donors (Lipinski definition) is 0. The zero-order valence-corrected chi connectivity index (χ0v) is 11.1. The molecule has 0 fully saturated rings. The highest BCUT2D eigenvalue weighted by Gasteiger charge is 2.10. The highest BCUT2D eigenvalue weighted by atomic mass is 35.5. The van der Waals surface area contributed by atoms with Crippen molar-refractivity contribution < 1.29 is 4.74 Å². The van der Waals surface area contributed by atoms with E-state index in [1.807, 2.05) is 13.8 Å². The van der Waals surface area contributed by atoms with Gasteiger partial charge in [-0.1, -0.05) is 13.8 Å². The van der Waals surface area contributed by atoms with Crippen LogP contribution >= 0.6 is 11.6 Å². The summed E-state index contributed by atoms with van der Waals surface area (Å²) in [4.78, 5) is 16.4. The normalized spacial score (nSPS) is 10.6. The molecule has 18 heavy (non-hydrogen) atoms. The first kappa shape index (κ1) is 12.8. The molecule has 2 aromatic rings. The van der Waals surface area contributed by atoms with Crippen molar-refractivity contribution in [2.45, 2.75) is 26.7 Å². The Morgan fingerprint density at radius 2 is 2.11 bits per heavy atom. The molecule has 0 unspecified atom stereocenters. The Hall–Kier alpha value is -1.69. The van der Waals surface area contributed by atoms with Gasteiger partial charge in [-0.3, -0.25) is 4.57 Å². The second kappa shape index (κ2) is 5.77. The summed E-state index contributed by atoms with van der Waals surface area (Å²) >= 11 is 5.87. The van der Waals surface area contributed by atoms with E-state index in [1.54, 1.807) is 17.0 Å². The van der Waals surface area contributed by atoms with Gasteiger partial charge in [-0.15, -0.1) is 0 Å². The molecule has 0 aliphatic carbocycles. The zero-order chi connectivity index (χ0) is 13.0. The minimum atomic E-state index is 0.113. The van der Waals surface area contributed by atoms with Gasteiger partial charge in [-0.25, -0.2) is 4.98 Å². The maximum absolute atomic E-state index is 5.87. The van der Waals surface area contributed by atoms with Crippen molar-refractivity contribution >= 4 is 11.6 Å². The third-order valence-corrected chi connectivity index (χ3v) is 2.43. The van der Waals surface area contributed by atoms with E-state index < -0.39 is 0 Å². The van der Waals surface area contributed by atoms with E-state index in [-0.39, 0.29) is 11.3 Å². The molecule has 2 aromatic heterocycles. The van der Waals surface area contributed by atoms with E-state index in [0.717, 1.165) is 18.7 Å². The minimum absolute atomic E-state index is 0.113. The van der Waals surface area contributed by atoms with Gasteiger partial charge in [0.05, 0.1) is 6.61 Å². The monoisotopic (exact) mass is 267 g/mol. The average Bonchev–Trinajstić information content (AvgIpc) is 2.84. The molecule has 0 radical (unpaired) electrons. The van der Waals surface area contributed by atoms with Crippen molar-refractivity contribution in [1.29, 1.82) is 0 Å². The topological polar surface area (TPSA) is 65.7 Å². The molecule has 0 aromatic carbocycles. The van der Waals surface area contributed by atoms with Gasteiger partial charge in [0, 0.05) is 18.8 Å². The molecule has 0 aliphatic heterocycles. The first-order valence-corrected chi connectivity index (χ1v) is 6.19. The van der Waals surface area contributed by atoms with Crippen molar-refractivity contribution in [2.24, 2.45) is 0 Å². The molecular weight excluding hydrogens is 254 g/mol. The Morgan fingerprint density at radius 3 is 2.83 bits per heavy atom. The summed E-state index contributed by atoms with van der Waals surface area (Å²) in [6.07, 6.45) is 5.14. The average molecular weight is 268 g/mol. The summed E-state index contributed by atoms with van der Waals surface area (Å²) in [5.74, 6) is 1.29. The van der Waals surface area contributed by atoms with Gasteiger partial charge in [0.2, 0.25) is 11.2 Å². The van der Waals surface area contributed by atoms with Gasteiger partial charge >= 0.3 is 6.01 Å². The molecule has 0 atom stereocenters. The van der Waals surface area contributed by atoms with Crippen LogP contribution in [-0.4, -0.2) is 31.1 Å². The second-order valence-corrected chi connectivity index (χ2v) is 3.94. The van der Waals surface area contributed by atoms with E-state index in [9.17, 15) is 0 Å². The molecule has 2 rings (SSSR count). The van der Waals surface area contributed by atoms with Crippen LogP contribution in [0, 0.1) is 0 Å². The fraction of sp³-hybridized carbons (Fsp3) is 0.455. The maximum atomic E-state index is 5.87. The standard InChI is InChI=1S/C11H14ClN5O/c1-3-7-18-11-15-9(12)14-10(16-11)17-6-5-13-8(17)4-2/h5-6H,3-4,7H2,1-2H3. The van der Waals surface area contributed by atoms with Gasteiger partial charge in [0.15, 0.2) is 0 Å². The van der Waals surface area contributed by atoms with Gasteiger partial charge in [0.25, 0.3) is 0 Å². The Bertz CT molecular complexity index is 528. The van der Waals surface area contributed by atoms with Crippen LogP contribution in [0.3, 0.4) is 0 Å². The summed E-state index contributed by atoms with van der Waals surface area (Å²) in [5, 5.41) is 0.113. The largest absolute Gasteiger partial charge is 0.463 e. The Morgan fingerprint density at radius 1 is 1.28 bits per heavy atom. The minimum Gasteiger partial charge on any atom is -0.463 e. The van der Waals surface area contributed by atoms with Crippen molar-refractivity contribution in [3.63, 3.8) is 0 Å². The first-order valence-electron chi connectivity index (χ1n) is 5.81. The summed E-state index contributed by atoms with van der Waals surface area (Å²) in [6.45, 7) is 4.56. The third-order valence-electron chi connectivity index (χ3n) is 2.26. The number of hydrogen-bond acceptors (Lipinski definition) is 5. The van der Waals surface area contributed by atoms with Crippen LogP contribution < -0.4 is 4.74 Å². The summed E-state index contributed by atoms with van der Waals surface area (Å²) in [5.41, 5.74) is 0. The molecule has 0 saturated carbocycles. The molecule has 0 aliphatic rings. The van der Waals surface area contributed by atoms with E-state index in [4.69, 9.17) is 16.3 Å². The predicted molar refractivity (Wildman–Crippen MR) is 67.1 cm³/mol. The smallest absolute Gasteiger partial charge is 0.322 e. The molecule has 0 spiro atoms. The number of nitrogens with zero attached hydrogens (tertiary/aromatic N) is 5. The molecule has 0 saturated heterocycles. The molecule has 7 heteroatoms. The van der Waals surface area contributed by atoms with E-state index in [0.29, 0.717) is 12.6 Å². The van der Waals surface area contributed by atoms with Crippen LogP contribution in [0.2, 0.25) is 5.28 Å². The highest BCUT2D eigenvalue weighted by Crippen LogP contribution is 2.13. The van der Waals surface area contributed by atoms with E-state index in [1.165, 1.54) is 0 Å². The lowest BCUT2D eigenvalue weighted by atomic mass is 10.4. The number of rotatable bonds is 5. The molecule has 2 heterocycles. The lowest BCUT2D eigenvalue weighted by molar-refractivity contribution is 0.290. The molecule has 0 N–H and O–H groups in total. The van der Waals surface area contributed by atoms with Crippen LogP contribution in [0.1, 0.15) is 26.1 Å². The molecule has 6 nitrogen and oxygen atoms in total. The Kier molecular flexibility index (Phi) is 4.09. The zero-order valence-electron chi connectivity index (χ0n) is 10.3. The highest BCUT2D eigenvalue weighted by molar-refractivity contribution is 6.28. The van der Waals surface area contributed by atoms with Crippen LogP contribution in [0.4, 0.5) is 0 Å². The third kappa shape index (κ3) is 2.76. The van der Waals surface area contributed by atoms with Gasteiger partial charge < -0.3 is 4.74 Å². The molecule has 0 bridgehead atoms. The molecule has 0 amide bonds. The van der Waals surface area contributed by atoms with Crippen molar-refractivity contribution in [2.75, 3.05) is 6.61 Å². The van der Waals surface area contributed by atoms with Crippen molar-refractivity contribution in [3.05, 3.63) is 23.5 Å². The summed E-state index contributed by atoms with van der Waals surface area (Å²) < 4.78 is 7.14. The summed E-state index contributed by atoms with van der Waals surface area (Å²) in [7, 11) is 0. The van der Waals surface area contributed by atoms with Crippen molar-refractivity contribution in [3.8, 4) is 12.0 Å². The predicted octanol–water partition coefficient (Wildman–Crippen LogP) is 2.06. The fourth-order valence-corrected chi connectivity index (χ4v) is 1.61. The number of aromatic nitrogens is 5.